The number of nitrogens with one attached hydrogen (secondary N) is 1. The van der Waals surface area contributed by atoms with E-state index in [4.69, 9.17) is 4.74 Å². The van der Waals surface area contributed by atoms with Crippen molar-refractivity contribution in [3.63, 3.8) is 0 Å². The van der Waals surface area contributed by atoms with Crippen LogP contribution in [-0.2, 0) is 11.3 Å². The average molecular weight is 304 g/mol. The van der Waals surface area contributed by atoms with Gasteiger partial charge in [-0.1, -0.05) is 0 Å². The number of fused-ring (bicyclic) bond motifs is 1. The number of anilines is 1. The molecule has 2 aromatic rings. The molecule has 0 amide bonds. The van der Waals surface area contributed by atoms with E-state index in [9.17, 15) is 0 Å². The second-order valence-corrected chi connectivity index (χ2v) is 6.19. The lowest BCUT2D eigenvalue weighted by Gasteiger charge is -2.31. The van der Waals surface area contributed by atoms with Gasteiger partial charge in [0.1, 0.15) is 17.8 Å². The largest absolute Gasteiger partial charge is 0.383 e. The minimum atomic E-state index is 0.696. The Morgan fingerprint density at radius 2 is 1.95 bits per heavy atom. The van der Waals surface area contributed by atoms with E-state index in [1.54, 1.807) is 18.3 Å². The highest BCUT2D eigenvalue weighted by Gasteiger charge is 2.23. The summed E-state index contributed by atoms with van der Waals surface area (Å²) in [5.41, 5.74) is 3.57. The van der Waals surface area contributed by atoms with Gasteiger partial charge in [0.15, 0.2) is 0 Å². The first-order chi connectivity index (χ1) is 10.6. The van der Waals surface area contributed by atoms with E-state index in [0.717, 1.165) is 44.2 Å². The molecule has 3 rings (SSSR count). The van der Waals surface area contributed by atoms with Crippen LogP contribution in [0.2, 0.25) is 0 Å². The third-order valence-electron chi connectivity index (χ3n) is 4.82. The summed E-state index contributed by atoms with van der Waals surface area (Å²) in [5, 5.41) is 1.20. The van der Waals surface area contributed by atoms with E-state index >= 15 is 0 Å². The Labute approximate surface area is 131 Å². The Bertz CT molecular complexity index is 658. The zero-order valence-electron chi connectivity index (χ0n) is 14.0. The van der Waals surface area contributed by atoms with Gasteiger partial charge in [-0.2, -0.15) is 0 Å². The number of aryl methyl sites for hydroxylation is 1. The van der Waals surface area contributed by atoms with E-state index in [2.05, 4.69) is 40.3 Å². The van der Waals surface area contributed by atoms with Gasteiger partial charge >= 0.3 is 0 Å². The van der Waals surface area contributed by atoms with Crippen LogP contribution in [0.4, 0.5) is 5.82 Å². The number of hydrogen-bond donors (Lipinski definition) is 1. The molecule has 0 atom stereocenters. The Hall–Kier alpha value is -1.66. The van der Waals surface area contributed by atoms with E-state index in [-0.39, 0.29) is 0 Å². The molecule has 0 saturated carbocycles. The molecule has 0 aromatic carbocycles. The van der Waals surface area contributed by atoms with Gasteiger partial charge in [-0.25, -0.2) is 9.97 Å². The molecule has 0 bridgehead atoms. The highest BCUT2D eigenvalue weighted by molar-refractivity contribution is 5.92. The fraction of sp³-hybridized carbons (Fsp3) is 0.625. The molecule has 6 heteroatoms. The summed E-state index contributed by atoms with van der Waals surface area (Å²) in [4.78, 5) is 13.2. The lowest BCUT2D eigenvalue weighted by Crippen LogP contribution is -3.12. The summed E-state index contributed by atoms with van der Waals surface area (Å²) in [7, 11) is 3.99. The SMILES string of the molecule is COCCn1c(C)c(C)c2c(N3CC[NH+](C)CC3)ncnc21. The Kier molecular flexibility index (Phi) is 4.31. The predicted molar refractivity (Wildman–Crippen MR) is 87.7 cm³/mol. The van der Waals surface area contributed by atoms with Gasteiger partial charge in [-0.15, -0.1) is 0 Å². The smallest absolute Gasteiger partial charge is 0.146 e. The van der Waals surface area contributed by atoms with Crippen molar-refractivity contribution in [2.75, 3.05) is 51.8 Å². The summed E-state index contributed by atoms with van der Waals surface area (Å²) >= 11 is 0. The quantitative estimate of drug-likeness (QED) is 0.866. The minimum Gasteiger partial charge on any atom is -0.383 e. The third-order valence-corrected chi connectivity index (χ3v) is 4.82. The molecule has 22 heavy (non-hydrogen) atoms. The van der Waals surface area contributed by atoms with Crippen LogP contribution in [-0.4, -0.2) is 61.5 Å². The minimum absolute atomic E-state index is 0.696. The Morgan fingerprint density at radius 3 is 2.64 bits per heavy atom. The first-order valence-corrected chi connectivity index (χ1v) is 7.99. The number of nitrogens with zero attached hydrogens (tertiary/aromatic N) is 4. The van der Waals surface area contributed by atoms with Crippen LogP contribution < -0.4 is 9.80 Å². The molecule has 0 aliphatic carbocycles. The van der Waals surface area contributed by atoms with Gasteiger partial charge in [0, 0.05) is 19.3 Å². The molecule has 1 N–H and O–H groups in total. The van der Waals surface area contributed by atoms with E-state index in [1.807, 2.05) is 0 Å². The van der Waals surface area contributed by atoms with Crippen molar-refractivity contribution in [2.24, 2.45) is 0 Å². The maximum atomic E-state index is 5.24. The highest BCUT2D eigenvalue weighted by Crippen LogP contribution is 2.30. The van der Waals surface area contributed by atoms with Gasteiger partial charge in [-0.05, 0) is 19.4 Å². The molecule has 0 unspecified atom stereocenters. The summed E-state index contributed by atoms with van der Waals surface area (Å²) in [6.07, 6.45) is 1.70. The van der Waals surface area contributed by atoms with Crippen molar-refractivity contribution in [3.05, 3.63) is 17.6 Å². The molecule has 1 saturated heterocycles. The normalized spacial score (nSPS) is 16.6. The lowest BCUT2D eigenvalue weighted by molar-refractivity contribution is -0.880. The van der Waals surface area contributed by atoms with Crippen molar-refractivity contribution < 1.29 is 9.64 Å². The van der Waals surface area contributed by atoms with Crippen LogP contribution in [0.3, 0.4) is 0 Å². The van der Waals surface area contributed by atoms with E-state index in [1.165, 1.54) is 16.6 Å². The molecule has 0 radical (unpaired) electrons. The molecule has 6 nitrogen and oxygen atoms in total. The topological polar surface area (TPSA) is 47.6 Å². The van der Waals surface area contributed by atoms with Crippen LogP contribution in [0.15, 0.2) is 6.33 Å². The van der Waals surface area contributed by atoms with Crippen molar-refractivity contribution in [1.82, 2.24) is 14.5 Å². The number of ether oxygens (including phenoxy) is 1. The number of aromatic nitrogens is 3. The molecular weight excluding hydrogens is 278 g/mol. The maximum absolute atomic E-state index is 5.24. The number of likely N-dealkylation sites (N-methyl/N-ethyl adjacent to an activating group) is 1. The standard InChI is InChI=1S/C16H25N5O/c1-12-13(2)21(9-10-22-4)16-14(12)15(17-11-18-16)20-7-5-19(3)6-8-20/h11H,5-10H2,1-4H3/p+1. The lowest BCUT2D eigenvalue weighted by atomic mass is 10.2. The Morgan fingerprint density at radius 1 is 1.23 bits per heavy atom. The monoisotopic (exact) mass is 304 g/mol. The molecular formula is C16H26N5O+. The number of hydrogen-bond acceptors (Lipinski definition) is 4. The van der Waals surface area contributed by atoms with E-state index < -0.39 is 0 Å². The number of methoxy groups -OCH3 is 1. The van der Waals surface area contributed by atoms with Crippen molar-refractivity contribution in [2.45, 2.75) is 20.4 Å². The Balaban J connectivity index is 2.05. The van der Waals surface area contributed by atoms with Gasteiger partial charge in [0.05, 0.1) is 45.2 Å². The van der Waals surface area contributed by atoms with Crippen molar-refractivity contribution in [3.8, 4) is 0 Å². The predicted octanol–water partition coefficient (Wildman–Crippen LogP) is 0.0292. The highest BCUT2D eigenvalue weighted by atomic mass is 16.5. The van der Waals surface area contributed by atoms with Gasteiger partial charge in [0.25, 0.3) is 0 Å². The number of piperazine rings is 1. The molecule has 1 aliphatic rings. The van der Waals surface area contributed by atoms with E-state index in [0.29, 0.717) is 6.61 Å². The third kappa shape index (κ3) is 2.57. The molecule has 3 heterocycles. The second-order valence-electron chi connectivity index (χ2n) is 6.19. The average Bonchev–Trinajstić information content (AvgIpc) is 2.78. The van der Waals surface area contributed by atoms with Crippen LogP contribution >= 0.6 is 0 Å². The first kappa shape index (κ1) is 15.2. The van der Waals surface area contributed by atoms with Crippen molar-refractivity contribution >= 4 is 16.9 Å². The molecule has 0 spiro atoms. The summed E-state index contributed by atoms with van der Waals surface area (Å²) in [6, 6.07) is 0. The summed E-state index contributed by atoms with van der Waals surface area (Å²) in [6.45, 7) is 10.3. The zero-order chi connectivity index (χ0) is 15.7. The fourth-order valence-corrected chi connectivity index (χ4v) is 3.25. The maximum Gasteiger partial charge on any atom is 0.146 e. The van der Waals surface area contributed by atoms with Gasteiger partial charge in [0.2, 0.25) is 0 Å². The number of rotatable bonds is 4. The van der Waals surface area contributed by atoms with Crippen LogP contribution in [0.5, 0.6) is 0 Å². The second kappa shape index (κ2) is 6.22. The zero-order valence-corrected chi connectivity index (χ0v) is 14.0. The first-order valence-electron chi connectivity index (χ1n) is 7.99. The molecule has 1 fully saturated rings. The van der Waals surface area contributed by atoms with Crippen molar-refractivity contribution in [1.29, 1.82) is 0 Å². The van der Waals surface area contributed by atoms with Crippen LogP contribution in [0, 0.1) is 13.8 Å². The van der Waals surface area contributed by atoms with Gasteiger partial charge < -0.3 is 19.1 Å². The fourth-order valence-electron chi connectivity index (χ4n) is 3.25. The molecule has 1 aliphatic heterocycles. The summed E-state index contributed by atoms with van der Waals surface area (Å²) in [5.74, 6) is 1.09. The number of quaternary nitrogens is 1. The molecule has 120 valence electrons. The summed E-state index contributed by atoms with van der Waals surface area (Å²) < 4.78 is 7.49. The van der Waals surface area contributed by atoms with Gasteiger partial charge in [-0.3, -0.25) is 0 Å². The van der Waals surface area contributed by atoms with Crippen LogP contribution in [0.1, 0.15) is 11.3 Å². The molecule has 2 aromatic heterocycles. The van der Waals surface area contributed by atoms with Crippen LogP contribution in [0.25, 0.3) is 11.0 Å².